The molecule has 1 saturated heterocycles. The number of benzene rings is 2. The van der Waals surface area contributed by atoms with E-state index in [9.17, 15) is 5.11 Å². The first-order valence-electron chi connectivity index (χ1n) is 8.27. The Morgan fingerprint density at radius 1 is 0.960 bits per heavy atom. The summed E-state index contributed by atoms with van der Waals surface area (Å²) in [6.45, 7) is 1.45. The molecule has 1 aromatic heterocycles. The molecule has 1 aliphatic heterocycles. The third kappa shape index (κ3) is 3.27. The molecule has 1 aliphatic rings. The number of aliphatic hydroxyl groups is 1. The number of nitrogens with zero attached hydrogens (tertiary/aromatic N) is 3. The molecule has 4 rings (SSSR count). The van der Waals surface area contributed by atoms with Crippen molar-refractivity contribution in [1.82, 2.24) is 10.2 Å². The van der Waals surface area contributed by atoms with E-state index >= 15 is 0 Å². The van der Waals surface area contributed by atoms with Gasteiger partial charge in [-0.15, -0.1) is 10.2 Å². The zero-order valence-corrected chi connectivity index (χ0v) is 15.2. The highest BCUT2D eigenvalue weighted by atomic mass is 35.5. The van der Waals surface area contributed by atoms with Crippen LogP contribution in [0.5, 0.6) is 0 Å². The van der Waals surface area contributed by atoms with Crippen molar-refractivity contribution in [3.8, 4) is 10.6 Å². The molecule has 1 fully saturated rings. The van der Waals surface area contributed by atoms with Gasteiger partial charge in [0, 0.05) is 29.2 Å². The third-order valence-electron chi connectivity index (χ3n) is 4.67. The number of piperidine rings is 1. The molecular weight excluding hydrogens is 354 g/mol. The number of aromatic nitrogens is 2. The lowest BCUT2D eigenvalue weighted by atomic mass is 9.84. The number of hydrogen-bond acceptors (Lipinski definition) is 5. The lowest BCUT2D eigenvalue weighted by molar-refractivity contribution is 0.0118. The highest BCUT2D eigenvalue weighted by molar-refractivity contribution is 7.18. The number of rotatable bonds is 3. The van der Waals surface area contributed by atoms with Gasteiger partial charge in [0.25, 0.3) is 0 Å². The first kappa shape index (κ1) is 16.5. The Labute approximate surface area is 155 Å². The van der Waals surface area contributed by atoms with Gasteiger partial charge in [-0.3, -0.25) is 0 Å². The van der Waals surface area contributed by atoms with Crippen molar-refractivity contribution in [1.29, 1.82) is 0 Å². The molecule has 0 atom stereocenters. The Balaban J connectivity index is 1.49. The average Bonchev–Trinajstić information content (AvgIpc) is 3.13. The van der Waals surface area contributed by atoms with Crippen molar-refractivity contribution in [2.45, 2.75) is 18.4 Å². The van der Waals surface area contributed by atoms with Crippen molar-refractivity contribution in [3.63, 3.8) is 0 Å². The van der Waals surface area contributed by atoms with Gasteiger partial charge in [-0.2, -0.15) is 0 Å². The number of halogens is 1. The quantitative estimate of drug-likeness (QED) is 0.743. The maximum atomic E-state index is 11.0. The Morgan fingerprint density at radius 2 is 1.64 bits per heavy atom. The molecule has 2 aromatic carbocycles. The second-order valence-corrected chi connectivity index (χ2v) is 7.62. The van der Waals surface area contributed by atoms with Crippen molar-refractivity contribution in [2.24, 2.45) is 0 Å². The van der Waals surface area contributed by atoms with Crippen LogP contribution in [0.4, 0.5) is 5.13 Å². The molecule has 3 aromatic rings. The topological polar surface area (TPSA) is 49.2 Å². The van der Waals surface area contributed by atoms with Crippen molar-refractivity contribution in [3.05, 3.63) is 65.2 Å². The van der Waals surface area contributed by atoms with E-state index in [0.29, 0.717) is 17.9 Å². The summed E-state index contributed by atoms with van der Waals surface area (Å²) in [7, 11) is 0. The van der Waals surface area contributed by atoms with E-state index in [1.807, 2.05) is 54.6 Å². The van der Waals surface area contributed by atoms with Gasteiger partial charge < -0.3 is 10.0 Å². The minimum absolute atomic E-state index is 0.622. The third-order valence-corrected chi connectivity index (χ3v) is 6.03. The zero-order valence-electron chi connectivity index (χ0n) is 13.6. The van der Waals surface area contributed by atoms with Crippen LogP contribution in [-0.2, 0) is 5.60 Å². The summed E-state index contributed by atoms with van der Waals surface area (Å²) in [6.07, 6.45) is 1.24. The molecule has 0 spiro atoms. The van der Waals surface area contributed by atoms with E-state index in [-0.39, 0.29) is 0 Å². The molecule has 0 aliphatic carbocycles. The molecule has 0 saturated carbocycles. The van der Waals surface area contributed by atoms with E-state index in [1.165, 1.54) is 0 Å². The van der Waals surface area contributed by atoms with Crippen LogP contribution in [0, 0.1) is 0 Å². The SMILES string of the molecule is OC1(c2ccccc2Cl)CCN(c2nnc(-c3ccccc3)s2)CC1. The molecule has 0 unspecified atom stereocenters. The molecule has 4 nitrogen and oxygen atoms in total. The maximum absolute atomic E-state index is 11.0. The highest BCUT2D eigenvalue weighted by Crippen LogP contribution is 2.39. The predicted molar refractivity (Wildman–Crippen MR) is 102 cm³/mol. The largest absolute Gasteiger partial charge is 0.385 e. The van der Waals surface area contributed by atoms with Crippen LogP contribution in [0.25, 0.3) is 10.6 Å². The van der Waals surface area contributed by atoms with Crippen LogP contribution < -0.4 is 4.90 Å². The van der Waals surface area contributed by atoms with Gasteiger partial charge in [0.2, 0.25) is 5.13 Å². The van der Waals surface area contributed by atoms with Gasteiger partial charge in [0.1, 0.15) is 5.01 Å². The fraction of sp³-hybridized carbons (Fsp3) is 0.263. The van der Waals surface area contributed by atoms with E-state index in [2.05, 4.69) is 15.1 Å². The summed E-state index contributed by atoms with van der Waals surface area (Å²) in [6, 6.07) is 17.6. The first-order chi connectivity index (χ1) is 12.2. The molecule has 0 amide bonds. The lowest BCUT2D eigenvalue weighted by Gasteiger charge is -2.38. The number of hydrogen-bond donors (Lipinski definition) is 1. The molecule has 0 bridgehead atoms. The van der Waals surface area contributed by atoms with Crippen LogP contribution in [0.2, 0.25) is 5.02 Å². The summed E-state index contributed by atoms with van der Waals surface area (Å²) < 4.78 is 0. The minimum atomic E-state index is -0.873. The Kier molecular flexibility index (Phi) is 4.46. The summed E-state index contributed by atoms with van der Waals surface area (Å²) in [5, 5.41) is 22.1. The molecule has 25 heavy (non-hydrogen) atoms. The van der Waals surface area contributed by atoms with Crippen LogP contribution in [-0.4, -0.2) is 28.4 Å². The first-order valence-corrected chi connectivity index (χ1v) is 9.46. The van der Waals surface area contributed by atoms with Crippen molar-refractivity contribution < 1.29 is 5.11 Å². The fourth-order valence-corrected chi connectivity index (χ4v) is 4.43. The Hall–Kier alpha value is -1.95. The van der Waals surface area contributed by atoms with E-state index < -0.39 is 5.60 Å². The fourth-order valence-electron chi connectivity index (χ4n) is 3.22. The lowest BCUT2D eigenvalue weighted by Crippen LogP contribution is -2.42. The molecule has 128 valence electrons. The smallest absolute Gasteiger partial charge is 0.208 e. The molecule has 6 heteroatoms. The highest BCUT2D eigenvalue weighted by Gasteiger charge is 2.36. The Morgan fingerprint density at radius 3 is 2.36 bits per heavy atom. The summed E-state index contributed by atoms with van der Waals surface area (Å²) in [4.78, 5) is 2.19. The van der Waals surface area contributed by atoms with Gasteiger partial charge in [-0.05, 0) is 18.9 Å². The normalized spacial score (nSPS) is 16.8. The summed E-state index contributed by atoms with van der Waals surface area (Å²) in [5.74, 6) is 0. The van der Waals surface area contributed by atoms with Crippen molar-refractivity contribution in [2.75, 3.05) is 18.0 Å². The predicted octanol–water partition coefficient (Wildman–Crippen LogP) is 4.35. The van der Waals surface area contributed by atoms with E-state index in [0.717, 1.165) is 34.4 Å². The van der Waals surface area contributed by atoms with Gasteiger partial charge in [0.15, 0.2) is 0 Å². The average molecular weight is 372 g/mol. The summed E-state index contributed by atoms with van der Waals surface area (Å²) >= 11 is 7.87. The maximum Gasteiger partial charge on any atom is 0.208 e. The molecule has 1 N–H and O–H groups in total. The van der Waals surface area contributed by atoms with E-state index in [1.54, 1.807) is 11.3 Å². The van der Waals surface area contributed by atoms with Crippen LogP contribution in [0.3, 0.4) is 0 Å². The second-order valence-electron chi connectivity index (χ2n) is 6.25. The molecule has 0 radical (unpaired) electrons. The van der Waals surface area contributed by atoms with Gasteiger partial charge in [-0.25, -0.2) is 0 Å². The molecule has 2 heterocycles. The molecular formula is C19H18ClN3OS. The van der Waals surface area contributed by atoms with Crippen molar-refractivity contribution >= 4 is 28.1 Å². The van der Waals surface area contributed by atoms with E-state index in [4.69, 9.17) is 11.6 Å². The zero-order chi connectivity index (χ0) is 17.3. The monoisotopic (exact) mass is 371 g/mol. The Bertz CT molecular complexity index is 860. The van der Waals surface area contributed by atoms with Crippen LogP contribution in [0.1, 0.15) is 18.4 Å². The number of anilines is 1. The van der Waals surface area contributed by atoms with Crippen LogP contribution >= 0.6 is 22.9 Å². The van der Waals surface area contributed by atoms with Gasteiger partial charge >= 0.3 is 0 Å². The van der Waals surface area contributed by atoms with Gasteiger partial charge in [-0.1, -0.05) is 71.5 Å². The standard InChI is InChI=1S/C19H18ClN3OS/c20-16-9-5-4-8-15(16)19(24)10-12-23(13-11-19)18-22-21-17(25-18)14-6-2-1-3-7-14/h1-9,24H,10-13H2. The van der Waals surface area contributed by atoms with Crippen LogP contribution in [0.15, 0.2) is 54.6 Å². The minimum Gasteiger partial charge on any atom is -0.385 e. The second kappa shape index (κ2) is 6.75. The summed E-state index contributed by atoms with van der Waals surface area (Å²) in [5.41, 5.74) is 1.02. The van der Waals surface area contributed by atoms with Gasteiger partial charge in [0.05, 0.1) is 5.60 Å².